The predicted molar refractivity (Wildman–Crippen MR) is 168 cm³/mol. The van der Waals surface area contributed by atoms with Gasteiger partial charge < -0.3 is 4.90 Å². The maximum Gasteiger partial charge on any atom is 0.162 e. The highest BCUT2D eigenvalue weighted by molar-refractivity contribution is 5.98. The molecule has 1 saturated heterocycles. The number of hydrogen-bond acceptors (Lipinski definition) is 4. The summed E-state index contributed by atoms with van der Waals surface area (Å²) in [5.74, 6) is 1.13. The molecular formula is C35H48FN5. The van der Waals surface area contributed by atoms with Gasteiger partial charge in [0.2, 0.25) is 0 Å². The molecular weight excluding hydrogens is 509 g/mol. The lowest BCUT2D eigenvalue weighted by Crippen LogP contribution is -2.20. The fourth-order valence-electron chi connectivity index (χ4n) is 6.64. The number of aryl methyl sites for hydroxylation is 1. The van der Waals surface area contributed by atoms with E-state index in [1.165, 1.54) is 108 Å². The first-order valence-corrected chi connectivity index (χ1v) is 16.1. The molecule has 4 heterocycles. The molecule has 0 amide bonds. The lowest BCUT2D eigenvalue weighted by atomic mass is 9.91. The molecule has 0 N–H and O–H groups in total. The Labute approximate surface area is 245 Å². The molecule has 0 radical (unpaired) electrons. The molecule has 1 aliphatic carbocycles. The molecule has 4 aromatic rings. The summed E-state index contributed by atoms with van der Waals surface area (Å²) in [6.07, 6.45) is 23.7. The van der Waals surface area contributed by atoms with Crippen molar-refractivity contribution in [2.24, 2.45) is 5.92 Å². The third-order valence-corrected chi connectivity index (χ3v) is 9.12. The molecule has 2 unspecified atom stereocenters. The van der Waals surface area contributed by atoms with E-state index in [-0.39, 0.29) is 5.82 Å². The molecule has 1 saturated carbocycles. The van der Waals surface area contributed by atoms with Gasteiger partial charge >= 0.3 is 0 Å². The molecule has 1 aliphatic heterocycles. The van der Waals surface area contributed by atoms with Crippen LogP contribution in [0, 0.1) is 18.7 Å². The van der Waals surface area contributed by atoms with Gasteiger partial charge in [0, 0.05) is 29.0 Å². The third-order valence-electron chi connectivity index (χ3n) is 9.12. The first kappa shape index (κ1) is 29.6. The van der Waals surface area contributed by atoms with Crippen molar-refractivity contribution in [3.63, 3.8) is 0 Å². The molecule has 3 aromatic heterocycles. The minimum absolute atomic E-state index is 0.263. The van der Waals surface area contributed by atoms with Crippen molar-refractivity contribution in [2.75, 3.05) is 20.1 Å². The number of rotatable bonds is 2. The van der Waals surface area contributed by atoms with Crippen LogP contribution >= 0.6 is 0 Å². The Kier molecular flexibility index (Phi) is 10.4. The molecule has 5 nitrogen and oxygen atoms in total. The maximum absolute atomic E-state index is 14.0. The van der Waals surface area contributed by atoms with E-state index in [2.05, 4.69) is 35.2 Å². The van der Waals surface area contributed by atoms with E-state index in [1.54, 1.807) is 12.1 Å². The van der Waals surface area contributed by atoms with Crippen LogP contribution in [0.4, 0.5) is 4.39 Å². The summed E-state index contributed by atoms with van der Waals surface area (Å²) in [4.78, 5) is 11.9. The Morgan fingerprint density at radius 2 is 1.51 bits per heavy atom. The first-order valence-electron chi connectivity index (χ1n) is 16.1. The molecule has 220 valence electrons. The zero-order chi connectivity index (χ0) is 28.6. The average molecular weight is 558 g/mol. The van der Waals surface area contributed by atoms with Crippen LogP contribution in [0.1, 0.15) is 108 Å². The van der Waals surface area contributed by atoms with E-state index in [1.807, 2.05) is 29.9 Å². The first-order chi connectivity index (χ1) is 20.0. The van der Waals surface area contributed by atoms with Crippen molar-refractivity contribution in [2.45, 2.75) is 103 Å². The number of benzene rings is 1. The fraction of sp³-hybridized carbons (Fsp3) is 0.571. The Morgan fingerprint density at radius 3 is 2.32 bits per heavy atom. The number of pyridine rings is 1. The molecule has 2 atom stereocenters. The topological polar surface area (TPSA) is 46.3 Å². The van der Waals surface area contributed by atoms with Gasteiger partial charge in [-0.3, -0.25) is 4.98 Å². The minimum atomic E-state index is -0.263. The average Bonchev–Trinajstić information content (AvgIpc) is 3.46. The van der Waals surface area contributed by atoms with Crippen LogP contribution in [-0.2, 0) is 0 Å². The lowest BCUT2D eigenvalue weighted by Gasteiger charge is -2.16. The van der Waals surface area contributed by atoms with E-state index >= 15 is 0 Å². The number of fused-ring (bicyclic) bond motifs is 2. The van der Waals surface area contributed by atoms with Crippen molar-refractivity contribution in [3.8, 4) is 11.1 Å². The fourth-order valence-corrected chi connectivity index (χ4v) is 6.64. The smallest absolute Gasteiger partial charge is 0.162 e. The highest BCUT2D eigenvalue weighted by atomic mass is 19.1. The highest BCUT2D eigenvalue weighted by Gasteiger charge is 2.18. The van der Waals surface area contributed by atoms with Crippen LogP contribution in [0.25, 0.3) is 27.7 Å². The summed E-state index contributed by atoms with van der Waals surface area (Å²) in [6, 6.07) is 6.73. The number of halogens is 1. The quantitative estimate of drug-likeness (QED) is 0.247. The standard InChI is InChI=1S/C26H29FN4.C9H19N/c1-17-6-3-4-8-19(9-5-7-17)20-14-28-26-24(15-29-31(26)16-20)22-12-18(2)30-25-11-10-21(27)13-23(22)25;1-10-8-6-4-2-3-5-7-9-10/h10-17,19H,3-9H2,1-2H3;2-9H2,1H3. The maximum atomic E-state index is 14.0. The van der Waals surface area contributed by atoms with Gasteiger partial charge in [0.25, 0.3) is 0 Å². The summed E-state index contributed by atoms with van der Waals surface area (Å²) >= 11 is 0. The van der Waals surface area contributed by atoms with Gasteiger partial charge in [0.1, 0.15) is 5.82 Å². The normalized spacial score (nSPS) is 21.6. The van der Waals surface area contributed by atoms with E-state index in [0.29, 0.717) is 5.92 Å². The molecule has 6 heteroatoms. The molecule has 0 spiro atoms. The number of hydrogen-bond donors (Lipinski definition) is 0. The summed E-state index contributed by atoms with van der Waals surface area (Å²) in [6.45, 7) is 6.98. The predicted octanol–water partition coefficient (Wildman–Crippen LogP) is 9.13. The van der Waals surface area contributed by atoms with Crippen LogP contribution in [-0.4, -0.2) is 44.6 Å². The van der Waals surface area contributed by atoms with Crippen molar-refractivity contribution in [1.82, 2.24) is 24.5 Å². The van der Waals surface area contributed by atoms with Crippen molar-refractivity contribution < 1.29 is 4.39 Å². The second kappa shape index (κ2) is 14.4. The van der Waals surface area contributed by atoms with Gasteiger partial charge in [0.15, 0.2) is 5.65 Å². The molecule has 1 aromatic carbocycles. The van der Waals surface area contributed by atoms with Crippen molar-refractivity contribution in [3.05, 3.63) is 59.9 Å². The number of aromatic nitrogens is 4. The van der Waals surface area contributed by atoms with Gasteiger partial charge in [-0.1, -0.05) is 64.7 Å². The lowest BCUT2D eigenvalue weighted by molar-refractivity contribution is 0.327. The summed E-state index contributed by atoms with van der Waals surface area (Å²) < 4.78 is 15.9. The summed E-state index contributed by atoms with van der Waals surface area (Å²) in [5.41, 5.74) is 5.59. The second-order valence-electron chi connectivity index (χ2n) is 12.6. The Balaban J connectivity index is 0.000000287. The SMILES string of the molecule is CN1CCCCCCCC1.Cc1cc(-c2cnn3cc(C4CCCCC(C)CCC4)cnc23)c2cc(F)ccc2n1. The monoisotopic (exact) mass is 557 g/mol. The van der Waals surface area contributed by atoms with Crippen LogP contribution in [0.15, 0.2) is 42.9 Å². The van der Waals surface area contributed by atoms with Crippen LogP contribution in [0.2, 0.25) is 0 Å². The Morgan fingerprint density at radius 1 is 0.805 bits per heavy atom. The molecule has 41 heavy (non-hydrogen) atoms. The van der Waals surface area contributed by atoms with Crippen LogP contribution < -0.4 is 0 Å². The van der Waals surface area contributed by atoms with E-state index in [0.717, 1.165) is 39.3 Å². The summed E-state index contributed by atoms with van der Waals surface area (Å²) in [7, 11) is 2.24. The number of nitrogens with zero attached hydrogens (tertiary/aromatic N) is 5. The van der Waals surface area contributed by atoms with E-state index in [9.17, 15) is 4.39 Å². The van der Waals surface area contributed by atoms with Crippen LogP contribution in [0.3, 0.4) is 0 Å². The van der Waals surface area contributed by atoms with E-state index in [4.69, 9.17) is 4.98 Å². The second-order valence-corrected chi connectivity index (χ2v) is 12.6. The van der Waals surface area contributed by atoms with Gasteiger partial charge in [-0.15, -0.1) is 0 Å². The Bertz CT molecular complexity index is 1400. The molecule has 2 fully saturated rings. The molecule has 6 rings (SSSR count). The molecule has 2 aliphatic rings. The van der Waals surface area contributed by atoms with Gasteiger partial charge in [0.05, 0.1) is 11.7 Å². The van der Waals surface area contributed by atoms with E-state index < -0.39 is 0 Å². The van der Waals surface area contributed by atoms with Crippen LogP contribution in [0.5, 0.6) is 0 Å². The van der Waals surface area contributed by atoms with Crippen molar-refractivity contribution in [1.29, 1.82) is 0 Å². The summed E-state index contributed by atoms with van der Waals surface area (Å²) in [5, 5.41) is 5.41. The van der Waals surface area contributed by atoms with Crippen molar-refractivity contribution >= 4 is 16.6 Å². The van der Waals surface area contributed by atoms with Gasteiger partial charge in [-0.2, -0.15) is 5.10 Å². The minimum Gasteiger partial charge on any atom is -0.306 e. The largest absolute Gasteiger partial charge is 0.306 e. The Hall–Kier alpha value is -2.86. The third kappa shape index (κ3) is 7.91. The zero-order valence-corrected chi connectivity index (χ0v) is 25.4. The van der Waals surface area contributed by atoms with Gasteiger partial charge in [-0.25, -0.2) is 13.9 Å². The molecule has 0 bridgehead atoms. The zero-order valence-electron chi connectivity index (χ0n) is 25.4. The highest BCUT2D eigenvalue weighted by Crippen LogP contribution is 2.34. The van der Waals surface area contributed by atoms with Gasteiger partial charge in [-0.05, 0) is 100.0 Å².